The van der Waals surface area contributed by atoms with Gasteiger partial charge in [0.15, 0.2) is 11.9 Å². The van der Waals surface area contributed by atoms with Gasteiger partial charge in [0.1, 0.15) is 0 Å². The summed E-state index contributed by atoms with van der Waals surface area (Å²) in [4.78, 5) is 9.68. The van der Waals surface area contributed by atoms with E-state index < -0.39 is 28.5 Å². The monoisotopic (exact) mass is 251 g/mol. The van der Waals surface area contributed by atoms with Crippen molar-refractivity contribution < 1.29 is 27.9 Å². The average Bonchev–Trinajstić information content (AvgIpc) is 2.25. The van der Waals surface area contributed by atoms with Crippen molar-refractivity contribution in [2.24, 2.45) is 0 Å². The molecule has 0 heterocycles. The Bertz CT molecular complexity index is 433. The van der Waals surface area contributed by atoms with Crippen molar-refractivity contribution in [2.45, 2.75) is 12.3 Å². The third-order valence-electron chi connectivity index (χ3n) is 2.03. The van der Waals surface area contributed by atoms with E-state index in [2.05, 4.69) is 4.74 Å². The quantitative estimate of drug-likeness (QED) is 0.660. The first-order chi connectivity index (χ1) is 7.77. The van der Waals surface area contributed by atoms with Crippen LogP contribution in [0.25, 0.3) is 0 Å². The van der Waals surface area contributed by atoms with E-state index >= 15 is 0 Å². The third kappa shape index (κ3) is 2.84. The summed E-state index contributed by atoms with van der Waals surface area (Å²) in [5.41, 5.74) is -1.24. The number of rotatable bonds is 3. The van der Waals surface area contributed by atoms with Gasteiger partial charge >= 0.3 is 11.9 Å². The van der Waals surface area contributed by atoms with E-state index in [4.69, 9.17) is 5.11 Å². The summed E-state index contributed by atoms with van der Waals surface area (Å²) in [7, 11) is 1.15. The molecule has 17 heavy (non-hydrogen) atoms. The first kappa shape index (κ1) is 13.2. The van der Waals surface area contributed by atoms with E-state index in [1.54, 1.807) is 0 Å². The number of hydrogen-bond donors (Lipinski definition) is 1. The lowest BCUT2D eigenvalue weighted by atomic mass is 10.1. The van der Waals surface area contributed by atoms with E-state index in [1.165, 1.54) is 0 Å². The highest BCUT2D eigenvalue weighted by atomic mass is 19.4. The topological polar surface area (TPSA) is 72.6 Å². The fourth-order valence-corrected chi connectivity index (χ4v) is 1.21. The highest BCUT2D eigenvalue weighted by Gasteiger charge is 2.40. The van der Waals surface area contributed by atoms with Crippen LogP contribution in [0.5, 0.6) is 5.75 Å². The molecule has 0 aliphatic carbocycles. The molecule has 0 saturated carbocycles. The number of halogens is 3. The van der Waals surface area contributed by atoms with Gasteiger partial charge in [0.05, 0.1) is 12.0 Å². The molecule has 0 amide bonds. The Morgan fingerprint density at radius 1 is 1.47 bits per heavy atom. The number of alkyl halides is 3. The number of ether oxygens (including phenoxy) is 1. The smallest absolute Gasteiger partial charge is 0.418 e. The summed E-state index contributed by atoms with van der Waals surface area (Å²) in [6, 6.07) is 2.56. The van der Waals surface area contributed by atoms with E-state index in [0.717, 1.165) is 19.2 Å². The molecule has 0 aliphatic heterocycles. The van der Waals surface area contributed by atoms with E-state index in [9.17, 15) is 23.3 Å². The predicted molar refractivity (Wildman–Crippen MR) is 50.7 cm³/mol. The molecule has 1 aromatic carbocycles. The lowest BCUT2D eigenvalue weighted by Gasteiger charge is -2.14. The maximum absolute atomic E-state index is 12.2. The number of aliphatic hydroxyl groups excluding tert-OH is 1. The molecule has 0 radical (unpaired) electrons. The van der Waals surface area contributed by atoms with Gasteiger partial charge in [-0.15, -0.1) is 0 Å². The molecule has 94 valence electrons. The minimum Gasteiger partial charge on any atom is -0.490 e. The predicted octanol–water partition coefficient (Wildman–Crippen LogP) is 2.20. The normalized spacial score (nSPS) is 13.2. The molecule has 1 atom stereocenters. The number of hydrogen-bond acceptors (Lipinski definition) is 4. The van der Waals surface area contributed by atoms with Gasteiger partial charge in [-0.2, -0.15) is 13.2 Å². The largest absolute Gasteiger partial charge is 0.490 e. The van der Waals surface area contributed by atoms with Gasteiger partial charge in [-0.25, -0.2) is 0 Å². The van der Waals surface area contributed by atoms with Crippen molar-refractivity contribution >= 4 is 5.69 Å². The molecule has 0 fully saturated rings. The lowest BCUT2D eigenvalue weighted by molar-refractivity contribution is -0.385. The molecule has 0 spiro atoms. The lowest BCUT2D eigenvalue weighted by Crippen LogP contribution is -2.20. The van der Waals surface area contributed by atoms with Crippen molar-refractivity contribution in [3.05, 3.63) is 33.9 Å². The number of methoxy groups -OCH3 is 1. The van der Waals surface area contributed by atoms with Gasteiger partial charge in [-0.1, -0.05) is 6.07 Å². The number of aliphatic hydroxyl groups is 1. The van der Waals surface area contributed by atoms with Crippen molar-refractivity contribution in [3.63, 3.8) is 0 Å². The molecule has 1 aromatic rings. The molecular weight excluding hydrogens is 243 g/mol. The second kappa shape index (κ2) is 4.58. The minimum absolute atomic E-state index is 0.173. The summed E-state index contributed by atoms with van der Waals surface area (Å²) in [5.74, 6) is -0.173. The standard InChI is InChI=1S/C9H8F3NO4/c1-17-7-3-2-5(4-6(7)13(15)16)8(14)9(10,11)12/h2-4,8,14H,1H3/t8-/m0/s1. The highest BCUT2D eigenvalue weighted by molar-refractivity contribution is 5.49. The van der Waals surface area contributed by atoms with Crippen molar-refractivity contribution in [1.29, 1.82) is 0 Å². The number of nitrogens with zero attached hydrogens (tertiary/aromatic N) is 1. The molecule has 0 unspecified atom stereocenters. The van der Waals surface area contributed by atoms with Gasteiger partial charge in [0.25, 0.3) is 0 Å². The highest BCUT2D eigenvalue weighted by Crippen LogP contribution is 2.36. The van der Waals surface area contributed by atoms with Crippen LogP contribution in [-0.2, 0) is 0 Å². The summed E-state index contributed by atoms with van der Waals surface area (Å²) in [6.45, 7) is 0. The maximum Gasteiger partial charge on any atom is 0.418 e. The zero-order chi connectivity index (χ0) is 13.2. The van der Waals surface area contributed by atoms with Crippen LogP contribution in [0.3, 0.4) is 0 Å². The Labute approximate surface area is 93.6 Å². The molecule has 0 aromatic heterocycles. The van der Waals surface area contributed by atoms with Crippen molar-refractivity contribution in [1.82, 2.24) is 0 Å². The number of benzene rings is 1. The summed E-state index contributed by atoms with van der Waals surface area (Å²) >= 11 is 0. The second-order valence-corrected chi connectivity index (χ2v) is 3.13. The van der Waals surface area contributed by atoms with E-state index in [0.29, 0.717) is 6.07 Å². The fourth-order valence-electron chi connectivity index (χ4n) is 1.21. The van der Waals surface area contributed by atoms with Crippen LogP contribution in [0.1, 0.15) is 11.7 Å². The molecule has 8 heteroatoms. The fraction of sp³-hybridized carbons (Fsp3) is 0.333. The van der Waals surface area contributed by atoms with Crippen LogP contribution in [-0.4, -0.2) is 23.3 Å². The first-order valence-electron chi connectivity index (χ1n) is 4.34. The zero-order valence-electron chi connectivity index (χ0n) is 8.56. The van der Waals surface area contributed by atoms with Crippen LogP contribution in [0, 0.1) is 10.1 Å². The van der Waals surface area contributed by atoms with E-state index in [-0.39, 0.29) is 5.75 Å². The molecule has 0 aliphatic rings. The van der Waals surface area contributed by atoms with Gasteiger partial charge in [-0.3, -0.25) is 10.1 Å². The molecule has 5 nitrogen and oxygen atoms in total. The number of nitro benzene ring substituents is 1. The van der Waals surface area contributed by atoms with Gasteiger partial charge < -0.3 is 9.84 Å². The number of nitro groups is 1. The molecule has 1 N–H and O–H groups in total. The Morgan fingerprint density at radius 3 is 2.47 bits per heavy atom. The SMILES string of the molecule is COc1ccc([C@H](O)C(F)(F)F)cc1[N+](=O)[O-]. The average molecular weight is 251 g/mol. The Hall–Kier alpha value is -1.83. The van der Waals surface area contributed by atoms with Crippen LogP contribution in [0.4, 0.5) is 18.9 Å². The Kier molecular flexibility index (Phi) is 3.56. The maximum atomic E-state index is 12.2. The molecular formula is C9H8F3NO4. The van der Waals surface area contributed by atoms with Crippen LogP contribution in [0.2, 0.25) is 0 Å². The second-order valence-electron chi connectivity index (χ2n) is 3.13. The Balaban J connectivity index is 3.21. The third-order valence-corrected chi connectivity index (χ3v) is 2.03. The van der Waals surface area contributed by atoms with Crippen LogP contribution < -0.4 is 4.74 Å². The molecule has 0 saturated heterocycles. The van der Waals surface area contributed by atoms with E-state index in [1.807, 2.05) is 0 Å². The summed E-state index contributed by atoms with van der Waals surface area (Å²) < 4.78 is 41.2. The van der Waals surface area contributed by atoms with Gasteiger partial charge in [0, 0.05) is 6.07 Å². The molecule has 0 bridgehead atoms. The molecule has 1 rings (SSSR count). The summed E-state index contributed by atoms with van der Waals surface area (Å²) in [6.07, 6.45) is -7.63. The zero-order valence-corrected chi connectivity index (χ0v) is 8.56. The van der Waals surface area contributed by atoms with Gasteiger partial charge in [-0.05, 0) is 11.6 Å². The van der Waals surface area contributed by atoms with Gasteiger partial charge in [0.2, 0.25) is 0 Å². The van der Waals surface area contributed by atoms with Crippen LogP contribution in [0.15, 0.2) is 18.2 Å². The summed E-state index contributed by atoms with van der Waals surface area (Å²) in [5, 5.41) is 19.5. The Morgan fingerprint density at radius 2 is 2.06 bits per heavy atom. The minimum atomic E-state index is -4.87. The first-order valence-corrected chi connectivity index (χ1v) is 4.34. The van der Waals surface area contributed by atoms with Crippen molar-refractivity contribution in [2.75, 3.05) is 7.11 Å². The van der Waals surface area contributed by atoms with Crippen LogP contribution >= 0.6 is 0 Å². The van der Waals surface area contributed by atoms with Crippen molar-refractivity contribution in [3.8, 4) is 5.75 Å².